The number of nitrogens with zero attached hydrogens (tertiary/aromatic N) is 3. The zero-order chi connectivity index (χ0) is 29.8. The Morgan fingerprint density at radius 2 is 1.67 bits per heavy atom. The fourth-order valence-corrected chi connectivity index (χ4v) is 6.76. The fraction of sp³-hybridized carbons (Fsp3) is 0.353. The van der Waals surface area contributed by atoms with Crippen LogP contribution in [0.2, 0.25) is 0 Å². The maximum Gasteiger partial charge on any atom is 0.272 e. The van der Waals surface area contributed by atoms with Gasteiger partial charge in [0.05, 0.1) is 18.1 Å². The minimum atomic E-state index is -0.734. The van der Waals surface area contributed by atoms with Crippen molar-refractivity contribution in [1.82, 2.24) is 25.1 Å². The highest BCUT2D eigenvalue weighted by atomic mass is 16.2. The molecule has 42 heavy (non-hydrogen) atoms. The Hall–Kier alpha value is -4.46. The van der Waals surface area contributed by atoms with E-state index in [9.17, 15) is 14.4 Å². The summed E-state index contributed by atoms with van der Waals surface area (Å²) < 4.78 is 0. The zero-order valence-electron chi connectivity index (χ0n) is 24.7. The molecule has 216 valence electrons. The average molecular weight is 564 g/mol. The Bertz CT molecular complexity index is 1610. The third-order valence-corrected chi connectivity index (χ3v) is 8.95. The number of rotatable bonds is 5. The largest absolute Gasteiger partial charge is 0.351 e. The molecule has 5 atom stereocenters. The number of piperazine rings is 1. The Morgan fingerprint density at radius 3 is 2.31 bits per heavy atom. The van der Waals surface area contributed by atoms with Crippen LogP contribution in [0.5, 0.6) is 0 Å². The van der Waals surface area contributed by atoms with Crippen LogP contribution in [0.3, 0.4) is 0 Å². The van der Waals surface area contributed by atoms with Crippen molar-refractivity contribution < 1.29 is 14.4 Å². The predicted octanol–water partition coefficient (Wildman–Crippen LogP) is 5.13. The molecule has 2 saturated heterocycles. The Balaban J connectivity index is 1.19. The van der Waals surface area contributed by atoms with Gasteiger partial charge in [-0.2, -0.15) is 0 Å². The first-order chi connectivity index (χ1) is 20.0. The number of fused-ring (bicyclic) bond motifs is 3. The molecule has 6 rings (SSSR count). The van der Waals surface area contributed by atoms with Crippen LogP contribution < -0.4 is 5.32 Å². The van der Waals surface area contributed by atoms with Crippen LogP contribution in [-0.4, -0.2) is 68.2 Å². The molecule has 0 aliphatic carbocycles. The number of aromatic nitrogens is 2. The molecule has 0 spiro atoms. The van der Waals surface area contributed by atoms with Crippen molar-refractivity contribution in [2.75, 3.05) is 6.54 Å². The topological polar surface area (TPSA) is 98.4 Å². The first kappa shape index (κ1) is 27.7. The summed E-state index contributed by atoms with van der Waals surface area (Å²) in [6, 6.07) is 22.0. The van der Waals surface area contributed by atoms with Crippen molar-refractivity contribution in [3.8, 4) is 11.1 Å². The van der Waals surface area contributed by atoms with Gasteiger partial charge in [0, 0.05) is 35.1 Å². The predicted molar refractivity (Wildman–Crippen MR) is 163 cm³/mol. The molecule has 2 fully saturated rings. The van der Waals surface area contributed by atoms with E-state index < -0.39 is 11.5 Å². The summed E-state index contributed by atoms with van der Waals surface area (Å²) in [6.07, 6.45) is 1.74. The highest BCUT2D eigenvalue weighted by molar-refractivity contribution is 6.00. The maximum absolute atomic E-state index is 14.2. The minimum absolute atomic E-state index is 0.0986. The summed E-state index contributed by atoms with van der Waals surface area (Å²) in [7, 11) is 0. The van der Waals surface area contributed by atoms with E-state index in [4.69, 9.17) is 0 Å². The van der Waals surface area contributed by atoms with E-state index >= 15 is 0 Å². The van der Waals surface area contributed by atoms with Gasteiger partial charge in [-0.1, -0.05) is 82.3 Å². The molecule has 0 radical (unpaired) electrons. The molecule has 2 bridgehead atoms. The van der Waals surface area contributed by atoms with E-state index in [1.807, 2.05) is 98.2 Å². The van der Waals surface area contributed by atoms with Gasteiger partial charge >= 0.3 is 0 Å². The van der Waals surface area contributed by atoms with Crippen molar-refractivity contribution in [3.05, 3.63) is 90.4 Å². The van der Waals surface area contributed by atoms with Crippen molar-refractivity contribution in [3.63, 3.8) is 0 Å². The molecule has 5 unspecified atom stereocenters. The van der Waals surface area contributed by atoms with Crippen LogP contribution in [0.1, 0.15) is 55.6 Å². The molecule has 2 aromatic heterocycles. The molecule has 8 heteroatoms. The number of para-hydroxylation sites is 1. The van der Waals surface area contributed by atoms with Gasteiger partial charge in [-0.15, -0.1) is 0 Å². The number of pyridine rings is 1. The van der Waals surface area contributed by atoms with E-state index in [-0.39, 0.29) is 41.8 Å². The Morgan fingerprint density at radius 1 is 0.952 bits per heavy atom. The zero-order valence-corrected chi connectivity index (χ0v) is 24.7. The lowest BCUT2D eigenvalue weighted by molar-refractivity contribution is -0.140. The van der Waals surface area contributed by atoms with E-state index in [2.05, 4.69) is 22.2 Å². The second kappa shape index (κ2) is 10.4. The number of hydrogen-bond donors (Lipinski definition) is 2. The van der Waals surface area contributed by atoms with Gasteiger partial charge in [0.25, 0.3) is 11.8 Å². The van der Waals surface area contributed by atoms with Gasteiger partial charge in [-0.05, 0) is 36.1 Å². The second-order valence-electron chi connectivity index (χ2n) is 12.7. The van der Waals surface area contributed by atoms with Gasteiger partial charge in [0.1, 0.15) is 17.4 Å². The standard InChI is InChI=1S/C34H37N5O3/c1-20-28-19-38(32(41)26-16-15-24(18-35-26)22-11-7-6-8-12-22)29(20)21(2)39(28)33(42)30(34(3,4)5)37-31(40)27-17-23-13-9-10-14-25(23)36-27/h6-18,20-21,28-30,36H,19H2,1-5H3,(H,37,40). The van der Waals surface area contributed by atoms with Crippen LogP contribution in [0.15, 0.2) is 79.0 Å². The van der Waals surface area contributed by atoms with Crippen LogP contribution in [-0.2, 0) is 4.79 Å². The number of carbonyl (C=O) groups excluding carboxylic acids is 3. The fourth-order valence-electron chi connectivity index (χ4n) is 6.76. The van der Waals surface area contributed by atoms with Crippen molar-refractivity contribution >= 4 is 28.6 Å². The molecule has 8 nitrogen and oxygen atoms in total. The lowest BCUT2D eigenvalue weighted by Crippen LogP contribution is -2.62. The first-order valence-corrected chi connectivity index (χ1v) is 14.6. The van der Waals surface area contributed by atoms with Crippen molar-refractivity contribution in [2.45, 2.75) is 58.8 Å². The van der Waals surface area contributed by atoms with Gasteiger partial charge < -0.3 is 20.1 Å². The molecule has 2 aliphatic rings. The van der Waals surface area contributed by atoms with Crippen LogP contribution in [0, 0.1) is 11.3 Å². The Kier molecular flexibility index (Phi) is 6.87. The molecule has 3 amide bonds. The van der Waals surface area contributed by atoms with Gasteiger partial charge in [-0.25, -0.2) is 0 Å². The number of nitrogens with one attached hydrogen (secondary N) is 2. The third-order valence-electron chi connectivity index (χ3n) is 8.95. The maximum atomic E-state index is 14.2. The minimum Gasteiger partial charge on any atom is -0.351 e. The van der Waals surface area contributed by atoms with E-state index in [0.717, 1.165) is 22.0 Å². The summed E-state index contributed by atoms with van der Waals surface area (Å²) in [4.78, 5) is 52.6. The summed E-state index contributed by atoms with van der Waals surface area (Å²) in [5.41, 5.74) is 3.17. The molecule has 4 aromatic rings. The number of aromatic amines is 1. The number of likely N-dealkylation sites (tertiary alicyclic amines) is 2. The lowest BCUT2D eigenvalue weighted by atomic mass is 9.85. The van der Waals surface area contributed by atoms with Gasteiger partial charge in [0.15, 0.2) is 0 Å². The van der Waals surface area contributed by atoms with Crippen LogP contribution >= 0.6 is 0 Å². The number of amides is 3. The highest BCUT2D eigenvalue weighted by Gasteiger charge is 2.58. The Labute approximate surface area is 246 Å². The van der Waals surface area contributed by atoms with Gasteiger partial charge in [0.2, 0.25) is 5.91 Å². The number of carbonyl (C=O) groups is 3. The molecule has 2 N–H and O–H groups in total. The number of benzene rings is 2. The van der Waals surface area contributed by atoms with Crippen LogP contribution in [0.4, 0.5) is 0 Å². The number of H-pyrrole nitrogens is 1. The monoisotopic (exact) mass is 563 g/mol. The summed E-state index contributed by atoms with van der Waals surface area (Å²) >= 11 is 0. The van der Waals surface area contributed by atoms with Crippen LogP contribution in [0.25, 0.3) is 22.0 Å². The molecular formula is C34H37N5O3. The molecule has 0 saturated carbocycles. The first-order valence-electron chi connectivity index (χ1n) is 14.6. The van der Waals surface area contributed by atoms with E-state index in [1.165, 1.54) is 0 Å². The highest BCUT2D eigenvalue weighted by Crippen LogP contribution is 2.42. The number of hydrogen-bond acceptors (Lipinski definition) is 4. The third kappa shape index (κ3) is 4.74. The van der Waals surface area contributed by atoms with E-state index in [1.54, 1.807) is 18.3 Å². The summed E-state index contributed by atoms with van der Waals surface area (Å²) in [5.74, 6) is -0.448. The molecule has 2 aromatic carbocycles. The molecule has 2 aliphatic heterocycles. The SMILES string of the molecule is CC1C2C(C)N(C(=O)C(NC(=O)c3cc4ccccc4[nH]3)C(C)(C)C)C1CN2C(=O)c1ccc(-c2ccccc2)cn1. The van der Waals surface area contributed by atoms with Gasteiger partial charge in [-0.3, -0.25) is 19.4 Å². The summed E-state index contributed by atoms with van der Waals surface area (Å²) in [6.45, 7) is 10.4. The second-order valence-corrected chi connectivity index (χ2v) is 12.7. The quantitative estimate of drug-likeness (QED) is 0.352. The lowest BCUT2D eigenvalue weighted by Gasteiger charge is -2.42. The summed E-state index contributed by atoms with van der Waals surface area (Å²) in [5, 5.41) is 3.97. The van der Waals surface area contributed by atoms with E-state index in [0.29, 0.717) is 17.9 Å². The molecule has 4 heterocycles. The molecular weight excluding hydrogens is 526 g/mol. The average Bonchev–Trinajstić information content (AvgIpc) is 3.63. The van der Waals surface area contributed by atoms with Crippen molar-refractivity contribution in [2.24, 2.45) is 11.3 Å². The smallest absolute Gasteiger partial charge is 0.272 e. The van der Waals surface area contributed by atoms with Crippen molar-refractivity contribution in [1.29, 1.82) is 0 Å². The normalized spacial score (nSPS) is 22.4.